The Morgan fingerprint density at radius 1 is 1.33 bits per heavy atom. The van der Waals surface area contributed by atoms with Gasteiger partial charge in [0.1, 0.15) is 12.4 Å². The molecule has 0 aromatic heterocycles. The van der Waals surface area contributed by atoms with Crippen LogP contribution in [0.5, 0.6) is 5.75 Å². The molecule has 0 spiro atoms. The van der Waals surface area contributed by atoms with Gasteiger partial charge in [0.2, 0.25) is 10.0 Å². The molecular weight excluding hydrogens is 308 g/mol. The highest BCUT2D eigenvalue weighted by atomic mass is 32.2. The van der Waals surface area contributed by atoms with Gasteiger partial charge < -0.3 is 10.5 Å². The summed E-state index contributed by atoms with van der Waals surface area (Å²) in [6, 6.07) is 6.47. The minimum atomic E-state index is -3.47. The summed E-state index contributed by atoms with van der Waals surface area (Å²) in [7, 11) is -3.47. The second-order valence-corrected chi connectivity index (χ2v) is 7.83. The number of ether oxygens (including phenoxy) is 1. The van der Waals surface area contributed by atoms with Crippen molar-refractivity contribution in [3.63, 3.8) is 0 Å². The zero-order valence-corrected chi connectivity index (χ0v) is 13.8. The molecule has 21 heavy (non-hydrogen) atoms. The van der Waals surface area contributed by atoms with Gasteiger partial charge in [0.15, 0.2) is 0 Å². The third-order valence-corrected chi connectivity index (χ3v) is 6.26. The number of nitrogens with one attached hydrogen (secondary N) is 1. The molecule has 0 aliphatic heterocycles. The lowest BCUT2D eigenvalue weighted by Crippen LogP contribution is -2.38. The van der Waals surface area contributed by atoms with E-state index in [4.69, 9.17) is 10.5 Å². The van der Waals surface area contributed by atoms with Crippen LogP contribution >= 0.6 is 11.8 Å². The molecule has 1 saturated carbocycles. The third kappa shape index (κ3) is 4.35. The number of hydrogen-bond donors (Lipinski definition) is 2. The molecule has 1 aliphatic rings. The Labute approximate surface area is 130 Å². The van der Waals surface area contributed by atoms with Crippen LogP contribution in [0.15, 0.2) is 29.2 Å². The van der Waals surface area contributed by atoms with Gasteiger partial charge in [-0.3, -0.25) is 0 Å². The molecule has 5 nitrogen and oxygen atoms in total. The highest BCUT2D eigenvalue weighted by Crippen LogP contribution is 2.29. The summed E-state index contributed by atoms with van der Waals surface area (Å²) in [4.78, 5) is 0.273. The van der Waals surface area contributed by atoms with Crippen LogP contribution in [-0.2, 0) is 10.0 Å². The minimum absolute atomic E-state index is 0.0261. The van der Waals surface area contributed by atoms with E-state index in [2.05, 4.69) is 4.72 Å². The van der Waals surface area contributed by atoms with Gasteiger partial charge in [-0.05, 0) is 43.4 Å². The normalized spacial score (nSPS) is 22.4. The molecule has 1 aromatic rings. The van der Waals surface area contributed by atoms with Crippen LogP contribution in [0.2, 0.25) is 0 Å². The highest BCUT2D eigenvalue weighted by molar-refractivity contribution is 7.99. The number of sulfonamides is 1. The standard InChI is InChI=1S/C14H22N2O3S2/c1-20-14-4-2-3-13(14)16-21(17,18)12-7-5-11(6-8-12)19-10-9-15/h5-8,13-14,16H,2-4,9-10,15H2,1H3. The van der Waals surface area contributed by atoms with Crippen molar-refractivity contribution in [1.29, 1.82) is 0 Å². The molecule has 2 atom stereocenters. The molecule has 0 amide bonds. The Bertz CT molecular complexity index is 546. The van der Waals surface area contributed by atoms with E-state index in [0.29, 0.717) is 24.2 Å². The smallest absolute Gasteiger partial charge is 0.240 e. The minimum Gasteiger partial charge on any atom is -0.492 e. The second kappa shape index (κ2) is 7.49. The summed E-state index contributed by atoms with van der Waals surface area (Å²) < 4.78 is 33.0. The van der Waals surface area contributed by atoms with Crippen LogP contribution in [-0.4, -0.2) is 39.1 Å². The first-order valence-electron chi connectivity index (χ1n) is 7.05. The monoisotopic (exact) mass is 330 g/mol. The average molecular weight is 330 g/mol. The van der Waals surface area contributed by atoms with Crippen LogP contribution in [0.1, 0.15) is 19.3 Å². The molecule has 7 heteroatoms. The van der Waals surface area contributed by atoms with Crippen molar-refractivity contribution < 1.29 is 13.2 Å². The van der Waals surface area contributed by atoms with E-state index >= 15 is 0 Å². The van der Waals surface area contributed by atoms with E-state index in [0.717, 1.165) is 19.3 Å². The topological polar surface area (TPSA) is 81.4 Å². The number of nitrogens with two attached hydrogens (primary N) is 1. The first-order chi connectivity index (χ1) is 10.1. The first-order valence-corrected chi connectivity index (χ1v) is 9.82. The molecule has 0 heterocycles. The molecule has 118 valence electrons. The van der Waals surface area contributed by atoms with Crippen molar-refractivity contribution in [1.82, 2.24) is 4.72 Å². The van der Waals surface area contributed by atoms with Gasteiger partial charge in [0.25, 0.3) is 0 Å². The summed E-state index contributed by atoms with van der Waals surface area (Å²) in [6.45, 7) is 0.848. The fourth-order valence-electron chi connectivity index (χ4n) is 2.50. The van der Waals surface area contributed by atoms with E-state index in [-0.39, 0.29) is 10.9 Å². The molecule has 2 unspecified atom stereocenters. The van der Waals surface area contributed by atoms with Crippen LogP contribution < -0.4 is 15.2 Å². The van der Waals surface area contributed by atoms with Crippen molar-refractivity contribution in [3.8, 4) is 5.75 Å². The largest absolute Gasteiger partial charge is 0.492 e. The quantitative estimate of drug-likeness (QED) is 0.793. The number of rotatable bonds is 7. The van der Waals surface area contributed by atoms with Gasteiger partial charge in [0, 0.05) is 17.8 Å². The number of benzene rings is 1. The maximum absolute atomic E-state index is 12.4. The highest BCUT2D eigenvalue weighted by Gasteiger charge is 2.30. The van der Waals surface area contributed by atoms with E-state index in [1.165, 1.54) is 0 Å². The average Bonchev–Trinajstić information content (AvgIpc) is 2.92. The zero-order chi connectivity index (χ0) is 15.3. The third-order valence-electron chi connectivity index (χ3n) is 3.58. The summed E-state index contributed by atoms with van der Waals surface area (Å²) in [5.74, 6) is 0.627. The van der Waals surface area contributed by atoms with E-state index < -0.39 is 10.0 Å². The molecule has 0 saturated heterocycles. The Balaban J connectivity index is 2.05. The van der Waals surface area contributed by atoms with Crippen LogP contribution in [0, 0.1) is 0 Å². The van der Waals surface area contributed by atoms with Crippen LogP contribution in [0.25, 0.3) is 0 Å². The van der Waals surface area contributed by atoms with Crippen LogP contribution in [0.4, 0.5) is 0 Å². The Morgan fingerprint density at radius 3 is 2.67 bits per heavy atom. The predicted octanol–water partition coefficient (Wildman–Crippen LogP) is 1.59. The predicted molar refractivity (Wildman–Crippen MR) is 86.3 cm³/mol. The van der Waals surface area contributed by atoms with Crippen molar-refractivity contribution in [2.45, 2.75) is 35.4 Å². The lowest BCUT2D eigenvalue weighted by molar-refractivity contribution is 0.328. The van der Waals surface area contributed by atoms with Gasteiger partial charge >= 0.3 is 0 Å². The van der Waals surface area contributed by atoms with E-state index in [9.17, 15) is 8.42 Å². The fraction of sp³-hybridized carbons (Fsp3) is 0.571. The number of hydrogen-bond acceptors (Lipinski definition) is 5. The van der Waals surface area contributed by atoms with Gasteiger partial charge in [-0.1, -0.05) is 6.42 Å². The van der Waals surface area contributed by atoms with Crippen molar-refractivity contribution >= 4 is 21.8 Å². The van der Waals surface area contributed by atoms with E-state index in [1.54, 1.807) is 36.0 Å². The SMILES string of the molecule is CSC1CCCC1NS(=O)(=O)c1ccc(OCCN)cc1. The molecule has 1 fully saturated rings. The second-order valence-electron chi connectivity index (χ2n) is 5.04. The Morgan fingerprint density at radius 2 is 2.05 bits per heavy atom. The lowest BCUT2D eigenvalue weighted by atomic mass is 10.3. The summed E-state index contributed by atoms with van der Waals surface area (Å²) in [6.07, 6.45) is 5.08. The van der Waals surface area contributed by atoms with Crippen LogP contribution in [0.3, 0.4) is 0 Å². The fourth-order valence-corrected chi connectivity index (χ4v) is 4.83. The van der Waals surface area contributed by atoms with Crippen molar-refractivity contribution in [3.05, 3.63) is 24.3 Å². The molecule has 1 aliphatic carbocycles. The molecular formula is C14H22N2O3S2. The Kier molecular flexibility index (Phi) is 5.92. The Hall–Kier alpha value is -0.760. The van der Waals surface area contributed by atoms with Gasteiger partial charge in [0.05, 0.1) is 4.90 Å². The first kappa shape index (κ1) is 16.6. The maximum atomic E-state index is 12.4. The molecule has 1 aromatic carbocycles. The summed E-state index contributed by atoms with van der Waals surface area (Å²) in [5.41, 5.74) is 5.36. The zero-order valence-electron chi connectivity index (χ0n) is 12.1. The maximum Gasteiger partial charge on any atom is 0.240 e. The lowest BCUT2D eigenvalue weighted by Gasteiger charge is -2.19. The molecule has 2 rings (SSSR count). The molecule has 0 radical (unpaired) electrons. The van der Waals surface area contributed by atoms with Gasteiger partial charge in [-0.25, -0.2) is 13.1 Å². The van der Waals surface area contributed by atoms with Gasteiger partial charge in [-0.15, -0.1) is 0 Å². The van der Waals surface area contributed by atoms with Crippen molar-refractivity contribution in [2.75, 3.05) is 19.4 Å². The van der Waals surface area contributed by atoms with Gasteiger partial charge in [-0.2, -0.15) is 11.8 Å². The molecule has 0 bridgehead atoms. The summed E-state index contributed by atoms with van der Waals surface area (Å²) in [5, 5.41) is 0.368. The number of thioether (sulfide) groups is 1. The van der Waals surface area contributed by atoms with Crippen molar-refractivity contribution in [2.24, 2.45) is 5.73 Å². The molecule has 3 N–H and O–H groups in total. The summed E-state index contributed by atoms with van der Waals surface area (Å²) >= 11 is 1.73. The van der Waals surface area contributed by atoms with E-state index in [1.807, 2.05) is 6.26 Å².